The number of benzene rings is 1. The number of aromatic carboxylic acids is 1. The average Bonchev–Trinajstić information content (AvgIpc) is 2.42. The van der Waals surface area contributed by atoms with Gasteiger partial charge in [0.1, 0.15) is 11.5 Å². The molecule has 2 rings (SSSR count). The van der Waals surface area contributed by atoms with E-state index in [4.69, 9.17) is 5.11 Å². The van der Waals surface area contributed by atoms with E-state index in [0.717, 1.165) is 0 Å². The van der Waals surface area contributed by atoms with Crippen LogP contribution in [0.1, 0.15) is 20.8 Å². The SMILES string of the molecule is O=C(O)c1cc(NC(=O)c2cccc(Br)c2F)ccn1. The summed E-state index contributed by atoms with van der Waals surface area (Å²) in [6.45, 7) is 0. The number of nitrogens with one attached hydrogen (secondary N) is 1. The Labute approximate surface area is 121 Å². The zero-order chi connectivity index (χ0) is 14.7. The van der Waals surface area contributed by atoms with Crippen molar-refractivity contribution in [1.82, 2.24) is 4.98 Å². The van der Waals surface area contributed by atoms with Gasteiger partial charge < -0.3 is 10.4 Å². The van der Waals surface area contributed by atoms with Gasteiger partial charge in [-0.3, -0.25) is 4.79 Å². The zero-order valence-corrected chi connectivity index (χ0v) is 11.5. The first-order valence-electron chi connectivity index (χ1n) is 5.44. The van der Waals surface area contributed by atoms with Gasteiger partial charge in [0.05, 0.1) is 10.0 Å². The van der Waals surface area contributed by atoms with Crippen molar-refractivity contribution in [3.05, 3.63) is 58.1 Å². The van der Waals surface area contributed by atoms with E-state index in [0.29, 0.717) is 0 Å². The molecule has 0 saturated carbocycles. The Hall–Kier alpha value is -2.28. The summed E-state index contributed by atoms with van der Waals surface area (Å²) in [6.07, 6.45) is 1.25. The van der Waals surface area contributed by atoms with Crippen molar-refractivity contribution >= 4 is 33.5 Å². The predicted molar refractivity (Wildman–Crippen MR) is 73.2 cm³/mol. The molecule has 0 aliphatic rings. The van der Waals surface area contributed by atoms with Gasteiger partial charge >= 0.3 is 5.97 Å². The largest absolute Gasteiger partial charge is 0.477 e. The van der Waals surface area contributed by atoms with Crippen LogP contribution in [0.25, 0.3) is 0 Å². The Morgan fingerprint density at radius 1 is 1.30 bits per heavy atom. The van der Waals surface area contributed by atoms with Gasteiger partial charge in [0.15, 0.2) is 0 Å². The molecule has 2 N–H and O–H groups in total. The lowest BCUT2D eigenvalue weighted by atomic mass is 10.2. The van der Waals surface area contributed by atoms with Crippen LogP contribution in [-0.4, -0.2) is 22.0 Å². The van der Waals surface area contributed by atoms with E-state index in [9.17, 15) is 14.0 Å². The predicted octanol–water partition coefficient (Wildman–Crippen LogP) is 2.93. The maximum atomic E-state index is 13.7. The van der Waals surface area contributed by atoms with E-state index in [2.05, 4.69) is 26.2 Å². The number of pyridine rings is 1. The fourth-order valence-electron chi connectivity index (χ4n) is 1.50. The highest BCUT2D eigenvalue weighted by Crippen LogP contribution is 2.19. The van der Waals surface area contributed by atoms with Crippen molar-refractivity contribution in [1.29, 1.82) is 0 Å². The van der Waals surface area contributed by atoms with Crippen molar-refractivity contribution < 1.29 is 19.1 Å². The first-order valence-corrected chi connectivity index (χ1v) is 6.23. The molecule has 1 amide bonds. The molecule has 0 fully saturated rings. The molecule has 102 valence electrons. The van der Waals surface area contributed by atoms with Crippen molar-refractivity contribution in [2.24, 2.45) is 0 Å². The smallest absolute Gasteiger partial charge is 0.354 e. The lowest BCUT2D eigenvalue weighted by molar-refractivity contribution is 0.0690. The minimum atomic E-state index is -1.21. The summed E-state index contributed by atoms with van der Waals surface area (Å²) in [4.78, 5) is 26.3. The van der Waals surface area contributed by atoms with Gasteiger partial charge in [-0.05, 0) is 40.2 Å². The molecule has 2 aromatic rings. The van der Waals surface area contributed by atoms with Crippen molar-refractivity contribution in [3.63, 3.8) is 0 Å². The maximum Gasteiger partial charge on any atom is 0.354 e. The number of rotatable bonds is 3. The summed E-state index contributed by atoms with van der Waals surface area (Å²) >= 11 is 2.99. The lowest BCUT2D eigenvalue weighted by Gasteiger charge is -2.07. The number of carbonyl (C=O) groups is 2. The Bertz CT molecular complexity index is 691. The van der Waals surface area contributed by atoms with Crippen LogP contribution >= 0.6 is 15.9 Å². The Morgan fingerprint density at radius 3 is 2.75 bits per heavy atom. The quantitative estimate of drug-likeness (QED) is 0.901. The number of anilines is 1. The molecule has 0 radical (unpaired) electrons. The highest BCUT2D eigenvalue weighted by molar-refractivity contribution is 9.10. The second-order valence-corrected chi connectivity index (χ2v) is 4.64. The van der Waals surface area contributed by atoms with Crippen LogP contribution in [0.2, 0.25) is 0 Å². The number of hydrogen-bond donors (Lipinski definition) is 2. The molecule has 0 unspecified atom stereocenters. The number of amides is 1. The third kappa shape index (κ3) is 3.00. The average molecular weight is 339 g/mol. The van der Waals surface area contributed by atoms with Crippen molar-refractivity contribution in [2.45, 2.75) is 0 Å². The van der Waals surface area contributed by atoms with Gasteiger partial charge in [-0.25, -0.2) is 14.2 Å². The topological polar surface area (TPSA) is 79.3 Å². The molecule has 1 aromatic carbocycles. The fraction of sp³-hybridized carbons (Fsp3) is 0. The van der Waals surface area contributed by atoms with Gasteiger partial charge in [-0.2, -0.15) is 0 Å². The summed E-state index contributed by atoms with van der Waals surface area (Å²) in [5, 5.41) is 11.2. The monoisotopic (exact) mass is 338 g/mol. The van der Waals surface area contributed by atoms with Gasteiger partial charge in [-0.1, -0.05) is 6.07 Å². The summed E-state index contributed by atoms with van der Waals surface area (Å²) in [5.41, 5.74) is -0.132. The van der Waals surface area contributed by atoms with E-state index in [1.807, 2.05) is 0 Å². The molecule has 20 heavy (non-hydrogen) atoms. The number of hydrogen-bond acceptors (Lipinski definition) is 3. The Kier molecular flexibility index (Phi) is 4.09. The van der Waals surface area contributed by atoms with Crippen LogP contribution < -0.4 is 5.32 Å². The molecule has 0 atom stereocenters. The van der Waals surface area contributed by atoms with Crippen LogP contribution in [0, 0.1) is 5.82 Å². The number of carbonyl (C=O) groups excluding carboxylic acids is 1. The first kappa shape index (κ1) is 14.1. The van der Waals surface area contributed by atoms with E-state index in [-0.39, 0.29) is 21.4 Å². The van der Waals surface area contributed by atoms with Crippen LogP contribution in [0.5, 0.6) is 0 Å². The molecule has 0 aliphatic heterocycles. The van der Waals surface area contributed by atoms with Gasteiger partial charge in [-0.15, -0.1) is 0 Å². The van der Waals surface area contributed by atoms with E-state index in [1.165, 1.54) is 36.5 Å². The van der Waals surface area contributed by atoms with Crippen LogP contribution in [-0.2, 0) is 0 Å². The Balaban J connectivity index is 2.26. The number of carboxylic acid groups (broad SMARTS) is 1. The summed E-state index contributed by atoms with van der Waals surface area (Å²) in [7, 11) is 0. The number of halogens is 2. The molecule has 7 heteroatoms. The number of carboxylic acids is 1. The van der Waals surface area contributed by atoms with Crippen LogP contribution in [0.3, 0.4) is 0 Å². The molecular formula is C13H8BrFN2O3. The number of aromatic nitrogens is 1. The minimum Gasteiger partial charge on any atom is -0.477 e. The van der Waals surface area contributed by atoms with Crippen LogP contribution in [0.4, 0.5) is 10.1 Å². The normalized spacial score (nSPS) is 10.1. The standard InChI is InChI=1S/C13H8BrFN2O3/c14-9-3-1-2-8(11(9)15)12(18)17-7-4-5-16-10(6-7)13(19)20/h1-6H,(H,19,20)(H,16,17,18). The molecule has 1 aromatic heterocycles. The Morgan fingerprint density at radius 2 is 2.05 bits per heavy atom. The van der Waals surface area contributed by atoms with E-state index >= 15 is 0 Å². The van der Waals surface area contributed by atoms with Gasteiger partial charge in [0.2, 0.25) is 0 Å². The van der Waals surface area contributed by atoms with E-state index < -0.39 is 17.7 Å². The molecule has 0 saturated heterocycles. The second kappa shape index (κ2) is 5.79. The summed E-state index contributed by atoms with van der Waals surface area (Å²) < 4.78 is 13.9. The maximum absolute atomic E-state index is 13.7. The first-order chi connectivity index (χ1) is 9.49. The lowest BCUT2D eigenvalue weighted by Crippen LogP contribution is -2.14. The van der Waals surface area contributed by atoms with Gasteiger partial charge in [0.25, 0.3) is 5.91 Å². The third-order valence-electron chi connectivity index (χ3n) is 2.43. The van der Waals surface area contributed by atoms with Crippen molar-refractivity contribution in [2.75, 3.05) is 5.32 Å². The summed E-state index contributed by atoms with van der Waals surface area (Å²) in [5.74, 6) is -2.57. The van der Waals surface area contributed by atoms with Gasteiger partial charge in [0, 0.05) is 11.9 Å². The molecule has 0 spiro atoms. The van der Waals surface area contributed by atoms with Crippen LogP contribution in [0.15, 0.2) is 41.0 Å². The van der Waals surface area contributed by atoms with Crippen molar-refractivity contribution in [3.8, 4) is 0 Å². The highest BCUT2D eigenvalue weighted by atomic mass is 79.9. The molecule has 1 heterocycles. The molecule has 0 bridgehead atoms. The highest BCUT2D eigenvalue weighted by Gasteiger charge is 2.14. The zero-order valence-electron chi connectivity index (χ0n) is 9.93. The summed E-state index contributed by atoms with van der Waals surface area (Å²) in [6, 6.07) is 6.93. The number of nitrogens with zero attached hydrogens (tertiary/aromatic N) is 1. The minimum absolute atomic E-state index is 0.145. The third-order valence-corrected chi connectivity index (χ3v) is 3.05. The second-order valence-electron chi connectivity index (χ2n) is 3.79. The molecular weight excluding hydrogens is 331 g/mol. The molecule has 5 nitrogen and oxygen atoms in total. The fourth-order valence-corrected chi connectivity index (χ4v) is 1.87. The molecule has 0 aliphatic carbocycles. The van der Waals surface area contributed by atoms with E-state index in [1.54, 1.807) is 0 Å².